The number of furan rings is 1. The second kappa shape index (κ2) is 8.07. The number of carbonyl (C=O) groups is 3. The summed E-state index contributed by atoms with van der Waals surface area (Å²) in [5.74, 6) is -0.963. The molecule has 2 amide bonds. The highest BCUT2D eigenvalue weighted by atomic mass is 16.4. The van der Waals surface area contributed by atoms with E-state index in [4.69, 9.17) is 9.52 Å². The molecule has 0 aliphatic carbocycles. The molecule has 7 nitrogen and oxygen atoms in total. The maximum Gasteiger partial charge on any atom is 0.339 e. The Morgan fingerprint density at radius 3 is 1.96 bits per heavy atom. The Morgan fingerprint density at radius 1 is 1.00 bits per heavy atom. The molecule has 0 saturated heterocycles. The Kier molecular flexibility index (Phi) is 6.05. The van der Waals surface area contributed by atoms with Crippen LogP contribution in [0.3, 0.4) is 0 Å². The lowest BCUT2D eigenvalue weighted by Crippen LogP contribution is -2.32. The molecule has 0 fully saturated rings. The second-order valence-corrected chi connectivity index (χ2v) is 7.49. The first-order chi connectivity index (χ1) is 12.6. The number of rotatable bonds is 6. The fraction of sp³-hybridized carbons (Fsp3) is 0.350. The first-order valence-electron chi connectivity index (χ1n) is 8.56. The smallest absolute Gasteiger partial charge is 0.339 e. The standard InChI is InChI=1S/C20H24N2O5/c1-12-16(19(25)26)9-15(27-12)10-21-17(23)13-5-7-14(8-6-13)18(24)22-11-20(2,3)4/h5-9H,10-11H2,1-4H3,(H,21,23)(H,22,24)(H,25,26). The minimum absolute atomic E-state index is 0.0137. The van der Waals surface area contributed by atoms with Gasteiger partial charge in [-0.25, -0.2) is 4.79 Å². The van der Waals surface area contributed by atoms with Gasteiger partial charge >= 0.3 is 5.97 Å². The number of aromatic carboxylic acids is 1. The molecular formula is C20H24N2O5. The van der Waals surface area contributed by atoms with E-state index in [9.17, 15) is 14.4 Å². The predicted octanol–water partition coefficient (Wildman–Crippen LogP) is 2.99. The summed E-state index contributed by atoms with van der Waals surface area (Å²) in [6.07, 6.45) is 0. The summed E-state index contributed by atoms with van der Waals surface area (Å²) in [6.45, 7) is 8.26. The number of hydrogen-bond acceptors (Lipinski definition) is 4. The van der Waals surface area contributed by atoms with Crippen LogP contribution in [0.5, 0.6) is 0 Å². The summed E-state index contributed by atoms with van der Waals surface area (Å²) < 4.78 is 5.32. The zero-order chi connectivity index (χ0) is 20.2. The molecular weight excluding hydrogens is 348 g/mol. The van der Waals surface area contributed by atoms with E-state index < -0.39 is 5.97 Å². The highest BCUT2D eigenvalue weighted by Gasteiger charge is 2.16. The molecule has 0 aliphatic rings. The quantitative estimate of drug-likeness (QED) is 0.722. The topological polar surface area (TPSA) is 109 Å². The van der Waals surface area contributed by atoms with Gasteiger partial charge < -0.3 is 20.2 Å². The van der Waals surface area contributed by atoms with Crippen LogP contribution < -0.4 is 10.6 Å². The Hall–Kier alpha value is -3.09. The summed E-state index contributed by atoms with van der Waals surface area (Å²) >= 11 is 0. The average Bonchev–Trinajstić information content (AvgIpc) is 2.98. The van der Waals surface area contributed by atoms with Crippen molar-refractivity contribution < 1.29 is 23.9 Å². The van der Waals surface area contributed by atoms with E-state index in [1.165, 1.54) is 6.07 Å². The minimum Gasteiger partial charge on any atom is -0.478 e. The van der Waals surface area contributed by atoms with E-state index in [2.05, 4.69) is 10.6 Å². The van der Waals surface area contributed by atoms with Crippen molar-refractivity contribution in [3.8, 4) is 0 Å². The molecule has 7 heteroatoms. The zero-order valence-corrected chi connectivity index (χ0v) is 15.9. The lowest BCUT2D eigenvalue weighted by atomic mass is 9.97. The second-order valence-electron chi connectivity index (χ2n) is 7.49. The zero-order valence-electron chi connectivity index (χ0n) is 15.9. The Morgan fingerprint density at radius 2 is 1.52 bits per heavy atom. The Bertz CT molecular complexity index is 844. The largest absolute Gasteiger partial charge is 0.478 e. The van der Waals surface area contributed by atoms with Gasteiger partial charge in [0.05, 0.1) is 6.54 Å². The van der Waals surface area contributed by atoms with Crippen molar-refractivity contribution in [2.24, 2.45) is 5.41 Å². The van der Waals surface area contributed by atoms with Crippen LogP contribution in [0.15, 0.2) is 34.7 Å². The van der Waals surface area contributed by atoms with Crippen LogP contribution in [0, 0.1) is 12.3 Å². The van der Waals surface area contributed by atoms with Gasteiger partial charge in [0.15, 0.2) is 0 Å². The van der Waals surface area contributed by atoms with E-state index in [-0.39, 0.29) is 35.1 Å². The van der Waals surface area contributed by atoms with Crippen LogP contribution >= 0.6 is 0 Å². The molecule has 1 heterocycles. The molecule has 1 aromatic carbocycles. The predicted molar refractivity (Wildman–Crippen MR) is 99.8 cm³/mol. The molecule has 0 bridgehead atoms. The molecule has 0 radical (unpaired) electrons. The SMILES string of the molecule is Cc1oc(CNC(=O)c2ccc(C(=O)NCC(C)(C)C)cc2)cc1C(=O)O. The lowest BCUT2D eigenvalue weighted by Gasteiger charge is -2.18. The van der Waals surface area contributed by atoms with Crippen molar-refractivity contribution >= 4 is 17.8 Å². The third-order valence-corrected chi connectivity index (χ3v) is 3.81. The minimum atomic E-state index is -1.07. The van der Waals surface area contributed by atoms with Crippen LogP contribution in [-0.2, 0) is 6.54 Å². The van der Waals surface area contributed by atoms with Gasteiger partial charge in [-0.05, 0) is 42.7 Å². The number of amides is 2. The van der Waals surface area contributed by atoms with Crippen molar-refractivity contribution in [2.45, 2.75) is 34.2 Å². The van der Waals surface area contributed by atoms with Crippen molar-refractivity contribution in [2.75, 3.05) is 6.54 Å². The maximum atomic E-state index is 12.2. The van der Waals surface area contributed by atoms with E-state index in [0.717, 1.165) is 0 Å². The van der Waals surface area contributed by atoms with Crippen LogP contribution in [0.4, 0.5) is 0 Å². The van der Waals surface area contributed by atoms with Gasteiger partial charge in [-0.1, -0.05) is 20.8 Å². The fourth-order valence-corrected chi connectivity index (χ4v) is 2.33. The van der Waals surface area contributed by atoms with Gasteiger partial charge in [0, 0.05) is 17.7 Å². The van der Waals surface area contributed by atoms with Crippen LogP contribution in [0.1, 0.15) is 63.4 Å². The molecule has 0 atom stereocenters. The van der Waals surface area contributed by atoms with Gasteiger partial charge in [-0.3, -0.25) is 9.59 Å². The van der Waals surface area contributed by atoms with Gasteiger partial charge in [0.1, 0.15) is 17.1 Å². The summed E-state index contributed by atoms with van der Waals surface area (Å²) in [5, 5.41) is 14.5. The van der Waals surface area contributed by atoms with Crippen molar-refractivity contribution in [3.05, 3.63) is 58.5 Å². The van der Waals surface area contributed by atoms with Gasteiger partial charge in [0.2, 0.25) is 0 Å². The van der Waals surface area contributed by atoms with Crippen LogP contribution in [0.25, 0.3) is 0 Å². The normalized spacial score (nSPS) is 11.1. The van der Waals surface area contributed by atoms with E-state index >= 15 is 0 Å². The van der Waals surface area contributed by atoms with Crippen molar-refractivity contribution in [1.82, 2.24) is 10.6 Å². The molecule has 0 unspecified atom stereocenters. The van der Waals surface area contributed by atoms with Gasteiger partial charge in [-0.15, -0.1) is 0 Å². The highest BCUT2D eigenvalue weighted by molar-refractivity contribution is 5.97. The number of benzene rings is 1. The molecule has 0 spiro atoms. The summed E-state index contributed by atoms with van der Waals surface area (Å²) in [4.78, 5) is 35.3. The molecule has 144 valence electrons. The lowest BCUT2D eigenvalue weighted by molar-refractivity contribution is 0.0694. The third kappa shape index (κ3) is 5.70. The molecule has 2 aromatic rings. The van der Waals surface area contributed by atoms with E-state index in [1.54, 1.807) is 31.2 Å². The van der Waals surface area contributed by atoms with Crippen LogP contribution in [0.2, 0.25) is 0 Å². The summed E-state index contributed by atoms with van der Waals surface area (Å²) in [7, 11) is 0. The molecule has 2 rings (SSSR count). The third-order valence-electron chi connectivity index (χ3n) is 3.81. The van der Waals surface area contributed by atoms with Crippen LogP contribution in [-0.4, -0.2) is 29.4 Å². The molecule has 0 aliphatic heterocycles. The molecule has 27 heavy (non-hydrogen) atoms. The molecule has 1 aromatic heterocycles. The maximum absolute atomic E-state index is 12.2. The Labute approximate surface area is 157 Å². The number of hydrogen-bond donors (Lipinski definition) is 3. The number of carboxylic acids is 1. The average molecular weight is 372 g/mol. The number of nitrogens with one attached hydrogen (secondary N) is 2. The summed E-state index contributed by atoms with van der Waals surface area (Å²) in [5.41, 5.74) is 0.928. The number of carboxylic acid groups (broad SMARTS) is 1. The van der Waals surface area contributed by atoms with Crippen molar-refractivity contribution in [3.63, 3.8) is 0 Å². The first kappa shape index (κ1) is 20.2. The molecule has 3 N–H and O–H groups in total. The Balaban J connectivity index is 1.94. The summed E-state index contributed by atoms with van der Waals surface area (Å²) in [6, 6.07) is 7.70. The highest BCUT2D eigenvalue weighted by Crippen LogP contribution is 2.15. The number of carbonyl (C=O) groups excluding carboxylic acids is 2. The van der Waals surface area contributed by atoms with Gasteiger partial charge in [-0.2, -0.15) is 0 Å². The van der Waals surface area contributed by atoms with Gasteiger partial charge in [0.25, 0.3) is 11.8 Å². The number of aryl methyl sites for hydroxylation is 1. The fourth-order valence-electron chi connectivity index (χ4n) is 2.33. The van der Waals surface area contributed by atoms with E-state index in [1.807, 2.05) is 20.8 Å². The van der Waals surface area contributed by atoms with Crippen molar-refractivity contribution in [1.29, 1.82) is 0 Å². The first-order valence-corrected chi connectivity index (χ1v) is 8.56. The monoisotopic (exact) mass is 372 g/mol. The molecule has 0 saturated carbocycles. The van der Waals surface area contributed by atoms with E-state index in [0.29, 0.717) is 23.4 Å².